The molecule has 1 aromatic carbocycles. The molecule has 20 heavy (non-hydrogen) atoms. The molecule has 1 heterocycles. The van der Waals surface area contributed by atoms with Crippen molar-refractivity contribution in [3.8, 4) is 0 Å². The smallest absolute Gasteiger partial charge is 0.241 e. The van der Waals surface area contributed by atoms with E-state index < -0.39 is 23.8 Å². The van der Waals surface area contributed by atoms with Gasteiger partial charge in [-0.3, -0.25) is 10.1 Å². The van der Waals surface area contributed by atoms with Crippen LogP contribution in [0.25, 0.3) is 0 Å². The lowest BCUT2D eigenvalue weighted by Crippen LogP contribution is -2.34. The molecule has 1 saturated heterocycles. The molecule has 1 aromatic rings. The van der Waals surface area contributed by atoms with Crippen LogP contribution >= 0.6 is 0 Å². The standard InChI is InChI=1S/C14H18F2N2O2/c1-3-20-7-6-18-13(17-9(2)14(18)19)11-5-4-10(15)8-12(11)16/h4-5,8-9,13,17H,3,6-7H2,1-2H3. The van der Waals surface area contributed by atoms with Crippen LogP contribution < -0.4 is 5.32 Å². The number of nitrogens with zero attached hydrogens (tertiary/aromatic N) is 1. The first-order valence-corrected chi connectivity index (χ1v) is 6.63. The number of nitrogens with one attached hydrogen (secondary N) is 1. The fourth-order valence-corrected chi connectivity index (χ4v) is 2.30. The minimum Gasteiger partial charge on any atom is -0.380 e. The molecular weight excluding hydrogens is 266 g/mol. The van der Waals surface area contributed by atoms with E-state index >= 15 is 0 Å². The molecule has 2 unspecified atom stereocenters. The van der Waals surface area contributed by atoms with E-state index in [2.05, 4.69) is 5.32 Å². The van der Waals surface area contributed by atoms with Crippen LogP contribution in [0.5, 0.6) is 0 Å². The Balaban J connectivity index is 2.21. The van der Waals surface area contributed by atoms with Gasteiger partial charge in [0.2, 0.25) is 5.91 Å². The van der Waals surface area contributed by atoms with Crippen molar-refractivity contribution in [2.45, 2.75) is 26.1 Å². The summed E-state index contributed by atoms with van der Waals surface area (Å²) in [5.74, 6) is -1.41. The zero-order chi connectivity index (χ0) is 14.7. The van der Waals surface area contributed by atoms with Gasteiger partial charge in [0.05, 0.1) is 12.6 Å². The molecule has 1 amide bonds. The molecule has 110 valence electrons. The molecule has 0 aromatic heterocycles. The van der Waals surface area contributed by atoms with E-state index in [9.17, 15) is 13.6 Å². The van der Waals surface area contributed by atoms with Gasteiger partial charge in [0.25, 0.3) is 0 Å². The van der Waals surface area contributed by atoms with Crippen molar-refractivity contribution in [1.82, 2.24) is 10.2 Å². The van der Waals surface area contributed by atoms with E-state index in [-0.39, 0.29) is 11.5 Å². The Morgan fingerprint density at radius 2 is 2.15 bits per heavy atom. The maximum absolute atomic E-state index is 13.9. The SMILES string of the molecule is CCOCCN1C(=O)C(C)NC1c1ccc(F)cc1F. The largest absolute Gasteiger partial charge is 0.380 e. The van der Waals surface area contributed by atoms with Gasteiger partial charge in [0, 0.05) is 24.8 Å². The summed E-state index contributed by atoms with van der Waals surface area (Å²) in [7, 11) is 0. The number of ether oxygens (including phenoxy) is 1. The molecule has 1 fully saturated rings. The van der Waals surface area contributed by atoms with Crippen molar-refractivity contribution in [2.24, 2.45) is 0 Å². The van der Waals surface area contributed by atoms with Gasteiger partial charge in [-0.2, -0.15) is 0 Å². The van der Waals surface area contributed by atoms with Gasteiger partial charge in [-0.25, -0.2) is 8.78 Å². The van der Waals surface area contributed by atoms with Crippen LogP contribution in [-0.2, 0) is 9.53 Å². The maximum atomic E-state index is 13.9. The second-order valence-electron chi connectivity index (χ2n) is 4.69. The number of amides is 1. The molecule has 0 bridgehead atoms. The number of hydrogen-bond acceptors (Lipinski definition) is 3. The maximum Gasteiger partial charge on any atom is 0.241 e. The highest BCUT2D eigenvalue weighted by Crippen LogP contribution is 2.27. The molecule has 0 spiro atoms. The Kier molecular flexibility index (Phi) is 4.67. The quantitative estimate of drug-likeness (QED) is 0.839. The zero-order valence-electron chi connectivity index (χ0n) is 11.5. The van der Waals surface area contributed by atoms with Gasteiger partial charge in [-0.05, 0) is 26.0 Å². The van der Waals surface area contributed by atoms with Crippen molar-refractivity contribution in [3.05, 3.63) is 35.4 Å². The van der Waals surface area contributed by atoms with E-state index in [1.54, 1.807) is 6.92 Å². The third kappa shape index (κ3) is 2.96. The van der Waals surface area contributed by atoms with Crippen molar-refractivity contribution in [1.29, 1.82) is 0 Å². The van der Waals surface area contributed by atoms with Gasteiger partial charge in [0.1, 0.15) is 17.8 Å². The van der Waals surface area contributed by atoms with Gasteiger partial charge >= 0.3 is 0 Å². The molecule has 0 aliphatic carbocycles. The normalized spacial score (nSPS) is 22.6. The summed E-state index contributed by atoms with van der Waals surface area (Å²) in [6.45, 7) is 4.89. The fraction of sp³-hybridized carbons (Fsp3) is 0.500. The van der Waals surface area contributed by atoms with Crippen LogP contribution in [0.4, 0.5) is 8.78 Å². The minimum atomic E-state index is -0.661. The topological polar surface area (TPSA) is 41.6 Å². The lowest BCUT2D eigenvalue weighted by atomic mass is 10.1. The number of halogens is 2. The average Bonchev–Trinajstić information content (AvgIpc) is 2.67. The van der Waals surface area contributed by atoms with Crippen LogP contribution in [0.3, 0.4) is 0 Å². The Morgan fingerprint density at radius 3 is 2.80 bits per heavy atom. The van der Waals surface area contributed by atoms with E-state index in [0.717, 1.165) is 6.07 Å². The molecule has 1 N–H and O–H groups in total. The highest BCUT2D eigenvalue weighted by molar-refractivity contribution is 5.84. The van der Waals surface area contributed by atoms with Crippen molar-refractivity contribution in [3.63, 3.8) is 0 Å². The van der Waals surface area contributed by atoms with Crippen LogP contribution in [0.1, 0.15) is 25.6 Å². The van der Waals surface area contributed by atoms with Crippen LogP contribution in [-0.4, -0.2) is 36.6 Å². The lowest BCUT2D eigenvalue weighted by Gasteiger charge is -2.24. The van der Waals surface area contributed by atoms with Gasteiger partial charge in [-0.15, -0.1) is 0 Å². The van der Waals surface area contributed by atoms with Gasteiger partial charge in [0.15, 0.2) is 0 Å². The minimum absolute atomic E-state index is 0.113. The number of carbonyl (C=O) groups is 1. The molecule has 4 nitrogen and oxygen atoms in total. The lowest BCUT2D eigenvalue weighted by molar-refractivity contribution is -0.130. The first-order chi connectivity index (χ1) is 9.54. The summed E-state index contributed by atoms with van der Waals surface area (Å²) in [6, 6.07) is 2.98. The molecular formula is C14H18F2N2O2. The van der Waals surface area contributed by atoms with Crippen LogP contribution in [0.2, 0.25) is 0 Å². The molecule has 0 saturated carbocycles. The van der Waals surface area contributed by atoms with Crippen molar-refractivity contribution >= 4 is 5.91 Å². The monoisotopic (exact) mass is 284 g/mol. The molecule has 1 aliphatic rings. The van der Waals surface area contributed by atoms with Crippen molar-refractivity contribution in [2.75, 3.05) is 19.8 Å². The Bertz CT molecular complexity index is 496. The Morgan fingerprint density at radius 1 is 1.40 bits per heavy atom. The van der Waals surface area contributed by atoms with E-state index in [0.29, 0.717) is 19.8 Å². The Hall–Kier alpha value is -1.53. The highest BCUT2D eigenvalue weighted by atomic mass is 19.1. The number of benzene rings is 1. The third-order valence-electron chi connectivity index (χ3n) is 3.31. The van der Waals surface area contributed by atoms with Gasteiger partial charge < -0.3 is 9.64 Å². The van der Waals surface area contributed by atoms with E-state index in [1.807, 2.05) is 6.92 Å². The third-order valence-corrected chi connectivity index (χ3v) is 3.31. The fourth-order valence-electron chi connectivity index (χ4n) is 2.30. The number of hydrogen-bond donors (Lipinski definition) is 1. The van der Waals surface area contributed by atoms with Crippen molar-refractivity contribution < 1.29 is 18.3 Å². The summed E-state index contributed by atoms with van der Waals surface area (Å²) in [6.07, 6.45) is -0.585. The average molecular weight is 284 g/mol. The number of rotatable bonds is 5. The second-order valence-corrected chi connectivity index (χ2v) is 4.69. The molecule has 6 heteroatoms. The molecule has 1 aliphatic heterocycles. The summed E-state index contributed by atoms with van der Waals surface area (Å²) >= 11 is 0. The first-order valence-electron chi connectivity index (χ1n) is 6.63. The summed E-state index contributed by atoms with van der Waals surface area (Å²) in [5, 5.41) is 3.02. The molecule has 0 radical (unpaired) electrons. The highest BCUT2D eigenvalue weighted by Gasteiger charge is 2.37. The second kappa shape index (κ2) is 6.28. The summed E-state index contributed by atoms with van der Waals surface area (Å²) in [4.78, 5) is 13.6. The summed E-state index contributed by atoms with van der Waals surface area (Å²) in [5.41, 5.74) is 0.264. The van der Waals surface area contributed by atoms with E-state index in [1.165, 1.54) is 17.0 Å². The molecule has 2 atom stereocenters. The Labute approximate surface area is 116 Å². The van der Waals surface area contributed by atoms with E-state index in [4.69, 9.17) is 4.74 Å². The summed E-state index contributed by atoms with van der Waals surface area (Å²) < 4.78 is 32.1. The number of carbonyl (C=O) groups excluding carboxylic acids is 1. The predicted octanol–water partition coefficient (Wildman–Crippen LogP) is 1.82. The zero-order valence-corrected chi connectivity index (χ0v) is 11.5. The predicted molar refractivity (Wildman–Crippen MR) is 69.9 cm³/mol. The van der Waals surface area contributed by atoms with Crippen LogP contribution in [0, 0.1) is 11.6 Å². The van der Waals surface area contributed by atoms with Crippen LogP contribution in [0.15, 0.2) is 18.2 Å². The van der Waals surface area contributed by atoms with Gasteiger partial charge in [-0.1, -0.05) is 0 Å². The first kappa shape index (κ1) is 14.9. The molecule has 2 rings (SSSR count).